The quantitative estimate of drug-likeness (QED) is 0.608. The summed E-state index contributed by atoms with van der Waals surface area (Å²) in [7, 11) is 0. The van der Waals surface area contributed by atoms with E-state index >= 15 is 0 Å². The number of hydrogen-bond acceptors (Lipinski definition) is 6. The Balaban J connectivity index is 2.34. The van der Waals surface area contributed by atoms with Gasteiger partial charge in [0.15, 0.2) is 11.5 Å². The van der Waals surface area contributed by atoms with E-state index in [0.29, 0.717) is 22.6 Å². The Morgan fingerprint density at radius 3 is 3.13 bits per heavy atom. The lowest BCUT2D eigenvalue weighted by atomic mass is 10.4. The van der Waals surface area contributed by atoms with E-state index in [1.165, 1.54) is 17.7 Å². The van der Waals surface area contributed by atoms with Crippen LogP contribution in [0.1, 0.15) is 0 Å². The minimum Gasteiger partial charge on any atom is -0.304 e. The van der Waals surface area contributed by atoms with Crippen molar-refractivity contribution in [2.45, 2.75) is 0 Å². The molecule has 3 aromatic heterocycles. The molecule has 0 atom stereocenters. The molecule has 0 aliphatic heterocycles. The fourth-order valence-electron chi connectivity index (χ4n) is 1.23. The third-order valence-electron chi connectivity index (χ3n) is 1.92. The van der Waals surface area contributed by atoms with E-state index in [-0.39, 0.29) is 5.56 Å². The van der Waals surface area contributed by atoms with Gasteiger partial charge in [0.1, 0.15) is 11.1 Å². The lowest BCUT2D eigenvalue weighted by molar-refractivity contribution is 1.07. The van der Waals surface area contributed by atoms with Crippen LogP contribution in [-0.2, 0) is 0 Å². The van der Waals surface area contributed by atoms with Crippen LogP contribution in [0, 0.1) is 0 Å². The maximum absolute atomic E-state index is 11.6. The van der Waals surface area contributed by atoms with E-state index in [1.54, 1.807) is 5.38 Å². The Bertz CT molecular complexity index is 653. The molecular weight excluding hydrogens is 216 g/mol. The number of H-pyrrole nitrogens is 2. The molecule has 0 fully saturated rings. The summed E-state index contributed by atoms with van der Waals surface area (Å²) in [5, 5.41) is 12.3. The number of aromatic nitrogens is 6. The summed E-state index contributed by atoms with van der Waals surface area (Å²) in [5.41, 5.74) is 0.757. The Kier molecular flexibility index (Phi) is 1.62. The number of hydrogen-bond donors (Lipinski definition) is 2. The first-order valence-electron chi connectivity index (χ1n) is 4.05. The molecule has 3 heterocycles. The van der Waals surface area contributed by atoms with Crippen LogP contribution in [0.4, 0.5) is 0 Å². The molecule has 7 nitrogen and oxygen atoms in total. The minimum atomic E-state index is -0.239. The number of nitrogens with one attached hydrogen (secondary N) is 2. The second-order valence-corrected chi connectivity index (χ2v) is 3.45. The molecule has 3 aromatic rings. The minimum absolute atomic E-state index is 0.239. The summed E-state index contributed by atoms with van der Waals surface area (Å²) in [6.07, 6.45) is 1.43. The maximum Gasteiger partial charge on any atom is 0.262 e. The highest BCUT2D eigenvalue weighted by atomic mass is 32.1. The van der Waals surface area contributed by atoms with Crippen molar-refractivity contribution in [3.05, 3.63) is 21.9 Å². The molecule has 0 saturated heterocycles. The number of nitrogens with zero attached hydrogens (tertiary/aromatic N) is 4. The van der Waals surface area contributed by atoms with Crippen molar-refractivity contribution < 1.29 is 0 Å². The average molecular weight is 220 g/mol. The summed E-state index contributed by atoms with van der Waals surface area (Å²) in [6, 6.07) is 0. The molecule has 2 N–H and O–H groups in total. The van der Waals surface area contributed by atoms with Gasteiger partial charge in [0, 0.05) is 5.38 Å². The Hall–Kier alpha value is -2.09. The lowest BCUT2D eigenvalue weighted by Crippen LogP contribution is -2.08. The van der Waals surface area contributed by atoms with Gasteiger partial charge in [-0.2, -0.15) is 5.10 Å². The zero-order valence-corrected chi connectivity index (χ0v) is 8.08. The second-order valence-electron chi connectivity index (χ2n) is 2.84. The van der Waals surface area contributed by atoms with Gasteiger partial charge in [-0.1, -0.05) is 4.49 Å². The first-order chi connectivity index (χ1) is 7.34. The molecule has 8 heteroatoms. The molecule has 0 aromatic carbocycles. The van der Waals surface area contributed by atoms with Crippen molar-refractivity contribution in [3.63, 3.8) is 0 Å². The van der Waals surface area contributed by atoms with Gasteiger partial charge in [-0.25, -0.2) is 4.98 Å². The first-order valence-corrected chi connectivity index (χ1v) is 4.89. The standard InChI is InChI=1S/C7H4N6OS/c14-7-3-1-8-12-5(3)9-6(10-7)4-2-15-13-11-4/h1-2H,(H2,8,9,10,12,14). The maximum atomic E-state index is 11.6. The van der Waals surface area contributed by atoms with Gasteiger partial charge in [0.05, 0.1) is 6.20 Å². The molecule has 74 valence electrons. The van der Waals surface area contributed by atoms with Crippen LogP contribution in [0.15, 0.2) is 16.4 Å². The third kappa shape index (κ3) is 1.22. The zero-order chi connectivity index (χ0) is 10.3. The topological polar surface area (TPSA) is 100 Å². The van der Waals surface area contributed by atoms with E-state index in [9.17, 15) is 4.79 Å². The Morgan fingerprint density at radius 1 is 1.40 bits per heavy atom. The van der Waals surface area contributed by atoms with Crippen molar-refractivity contribution >= 4 is 22.6 Å². The van der Waals surface area contributed by atoms with Gasteiger partial charge in [-0.3, -0.25) is 9.89 Å². The highest BCUT2D eigenvalue weighted by Gasteiger charge is 2.08. The van der Waals surface area contributed by atoms with Crippen LogP contribution in [0.2, 0.25) is 0 Å². The molecule has 0 aliphatic carbocycles. The summed E-state index contributed by atoms with van der Waals surface area (Å²) in [5.74, 6) is 0.394. The van der Waals surface area contributed by atoms with Gasteiger partial charge >= 0.3 is 0 Å². The number of fused-ring (bicyclic) bond motifs is 1. The van der Waals surface area contributed by atoms with Gasteiger partial charge in [-0.15, -0.1) is 5.10 Å². The van der Waals surface area contributed by atoms with Crippen molar-refractivity contribution in [3.8, 4) is 11.5 Å². The SMILES string of the molecule is O=c1[nH]c(-c2csnn2)nc2[nH]ncc12. The Morgan fingerprint density at radius 2 is 2.33 bits per heavy atom. The molecule has 0 radical (unpaired) electrons. The van der Waals surface area contributed by atoms with E-state index < -0.39 is 0 Å². The predicted molar refractivity (Wildman–Crippen MR) is 53.4 cm³/mol. The van der Waals surface area contributed by atoms with Gasteiger partial charge in [0.25, 0.3) is 5.56 Å². The second kappa shape index (κ2) is 2.95. The molecule has 15 heavy (non-hydrogen) atoms. The predicted octanol–water partition coefficient (Wildman–Crippen LogP) is 0.165. The van der Waals surface area contributed by atoms with Crippen LogP contribution >= 0.6 is 11.5 Å². The fraction of sp³-hybridized carbons (Fsp3) is 0. The number of rotatable bonds is 1. The van der Waals surface area contributed by atoms with E-state index in [0.717, 1.165) is 0 Å². The average Bonchev–Trinajstić information content (AvgIpc) is 2.88. The molecule has 0 amide bonds. The van der Waals surface area contributed by atoms with Crippen molar-refractivity contribution in [1.29, 1.82) is 0 Å². The van der Waals surface area contributed by atoms with E-state index in [4.69, 9.17) is 0 Å². The van der Waals surface area contributed by atoms with Crippen LogP contribution in [0.3, 0.4) is 0 Å². The summed E-state index contributed by atoms with van der Waals surface area (Å²) >= 11 is 1.20. The number of aromatic amines is 2. The zero-order valence-electron chi connectivity index (χ0n) is 7.26. The summed E-state index contributed by atoms with van der Waals surface area (Å²) in [6.45, 7) is 0. The van der Waals surface area contributed by atoms with Gasteiger partial charge < -0.3 is 4.98 Å². The largest absolute Gasteiger partial charge is 0.304 e. The first kappa shape index (κ1) is 8.24. The normalized spacial score (nSPS) is 10.9. The van der Waals surface area contributed by atoms with Crippen molar-refractivity contribution in [1.82, 2.24) is 29.8 Å². The molecular formula is C7H4N6OS. The lowest BCUT2D eigenvalue weighted by Gasteiger charge is -1.94. The highest BCUT2D eigenvalue weighted by molar-refractivity contribution is 7.03. The summed E-state index contributed by atoms with van der Waals surface area (Å²) in [4.78, 5) is 18.3. The van der Waals surface area contributed by atoms with Gasteiger partial charge in [0.2, 0.25) is 0 Å². The molecule has 0 unspecified atom stereocenters. The monoisotopic (exact) mass is 220 g/mol. The molecule has 0 spiro atoms. The van der Waals surface area contributed by atoms with E-state index in [2.05, 4.69) is 29.8 Å². The molecule has 0 bridgehead atoms. The van der Waals surface area contributed by atoms with Crippen molar-refractivity contribution in [2.24, 2.45) is 0 Å². The smallest absolute Gasteiger partial charge is 0.262 e. The Labute approximate surface area is 86.4 Å². The summed E-state index contributed by atoms with van der Waals surface area (Å²) < 4.78 is 3.70. The fourth-order valence-corrected chi connectivity index (χ4v) is 1.68. The molecule has 0 saturated carbocycles. The van der Waals surface area contributed by atoms with Crippen LogP contribution in [0.25, 0.3) is 22.6 Å². The van der Waals surface area contributed by atoms with Crippen LogP contribution in [-0.4, -0.2) is 29.8 Å². The third-order valence-corrected chi connectivity index (χ3v) is 2.43. The van der Waals surface area contributed by atoms with Crippen molar-refractivity contribution in [2.75, 3.05) is 0 Å². The van der Waals surface area contributed by atoms with Crippen LogP contribution < -0.4 is 5.56 Å². The highest BCUT2D eigenvalue weighted by Crippen LogP contribution is 2.12. The van der Waals surface area contributed by atoms with E-state index in [1.807, 2.05) is 0 Å². The molecule has 0 aliphatic rings. The molecule has 3 rings (SSSR count). The van der Waals surface area contributed by atoms with Crippen LogP contribution in [0.5, 0.6) is 0 Å². The van der Waals surface area contributed by atoms with Gasteiger partial charge in [-0.05, 0) is 11.5 Å².